The standard InChI is InChI=1S/C23H23ClN4O/c1-3-15-5-4-6-16(9-15)10-19(12-25)28-14-18-11-17(7-8-20(18)23(28)29)22-21(24)13-26-27(22)2/h1,4-9,11,19,26H,10,12-14,25H2,2H3/t19-/m0/s1. The number of nitrogens with two attached hydrogens (primary N) is 1. The molecule has 0 spiro atoms. The van der Waals surface area contributed by atoms with Crippen LogP contribution in [-0.4, -0.2) is 42.0 Å². The summed E-state index contributed by atoms with van der Waals surface area (Å²) in [7, 11) is 1.93. The Kier molecular flexibility index (Phi) is 5.33. The molecule has 4 rings (SSSR count). The number of carbonyl (C=O) groups excluding carboxylic acids is 1. The van der Waals surface area contributed by atoms with Crippen molar-refractivity contribution in [1.82, 2.24) is 15.3 Å². The van der Waals surface area contributed by atoms with Crippen molar-refractivity contribution in [3.05, 3.63) is 75.3 Å². The summed E-state index contributed by atoms with van der Waals surface area (Å²) in [4.78, 5) is 14.9. The minimum Gasteiger partial charge on any atom is -0.330 e. The van der Waals surface area contributed by atoms with Crippen LogP contribution >= 0.6 is 11.6 Å². The predicted molar refractivity (Wildman–Crippen MR) is 116 cm³/mol. The van der Waals surface area contributed by atoms with Gasteiger partial charge in [-0.3, -0.25) is 4.79 Å². The lowest BCUT2D eigenvalue weighted by atomic mass is 10.0. The third kappa shape index (κ3) is 3.63. The highest BCUT2D eigenvalue weighted by Gasteiger charge is 2.33. The summed E-state index contributed by atoms with van der Waals surface area (Å²) in [6.45, 7) is 1.54. The summed E-state index contributed by atoms with van der Waals surface area (Å²) < 4.78 is 0. The van der Waals surface area contributed by atoms with Gasteiger partial charge in [-0.1, -0.05) is 35.7 Å². The molecule has 1 amide bonds. The molecule has 29 heavy (non-hydrogen) atoms. The van der Waals surface area contributed by atoms with Crippen LogP contribution in [0.15, 0.2) is 47.5 Å². The number of nitrogens with zero attached hydrogens (tertiary/aromatic N) is 2. The Morgan fingerprint density at radius 1 is 1.31 bits per heavy atom. The van der Waals surface area contributed by atoms with Crippen LogP contribution in [0.4, 0.5) is 0 Å². The van der Waals surface area contributed by atoms with Gasteiger partial charge in [-0.05, 0) is 41.8 Å². The minimum absolute atomic E-state index is 0.0214. The summed E-state index contributed by atoms with van der Waals surface area (Å²) in [6.07, 6.45) is 6.18. The summed E-state index contributed by atoms with van der Waals surface area (Å²) in [5.41, 5.74) is 14.8. The number of fused-ring (bicyclic) bond motifs is 1. The van der Waals surface area contributed by atoms with E-state index < -0.39 is 0 Å². The number of hydrogen-bond acceptors (Lipinski definition) is 4. The maximum atomic E-state index is 13.0. The van der Waals surface area contributed by atoms with Crippen molar-refractivity contribution in [3.63, 3.8) is 0 Å². The van der Waals surface area contributed by atoms with Crippen molar-refractivity contribution in [3.8, 4) is 12.3 Å². The van der Waals surface area contributed by atoms with E-state index in [2.05, 4.69) is 17.4 Å². The third-order valence-electron chi connectivity index (χ3n) is 5.55. The second kappa shape index (κ2) is 7.92. The van der Waals surface area contributed by atoms with Crippen molar-refractivity contribution < 1.29 is 4.79 Å². The van der Waals surface area contributed by atoms with E-state index in [4.69, 9.17) is 23.8 Å². The highest BCUT2D eigenvalue weighted by Crippen LogP contribution is 2.32. The van der Waals surface area contributed by atoms with Crippen molar-refractivity contribution in [2.75, 3.05) is 20.1 Å². The molecule has 2 aliphatic rings. The Bertz CT molecular complexity index is 1040. The highest BCUT2D eigenvalue weighted by atomic mass is 35.5. The van der Waals surface area contributed by atoms with Gasteiger partial charge in [0.05, 0.1) is 17.3 Å². The number of carbonyl (C=O) groups is 1. The predicted octanol–water partition coefficient (Wildman–Crippen LogP) is 2.55. The van der Waals surface area contributed by atoms with Gasteiger partial charge in [-0.25, -0.2) is 5.43 Å². The molecule has 0 fully saturated rings. The molecule has 0 saturated heterocycles. The van der Waals surface area contributed by atoms with Gasteiger partial charge < -0.3 is 15.6 Å². The molecule has 0 radical (unpaired) electrons. The highest BCUT2D eigenvalue weighted by molar-refractivity contribution is 6.33. The van der Waals surface area contributed by atoms with Gasteiger partial charge in [-0.2, -0.15) is 0 Å². The molecule has 0 unspecified atom stereocenters. The van der Waals surface area contributed by atoms with Crippen LogP contribution in [0.3, 0.4) is 0 Å². The zero-order valence-electron chi connectivity index (χ0n) is 16.3. The molecule has 0 saturated carbocycles. The fraction of sp³-hybridized carbons (Fsp3) is 0.261. The molecule has 148 valence electrons. The third-order valence-corrected chi connectivity index (χ3v) is 5.86. The SMILES string of the molecule is C#Cc1cccc(C[C@@H](CN)N2Cc3cc(C4=C(Cl)CNN4C)ccc3C2=O)c1. The molecule has 3 N–H and O–H groups in total. The van der Waals surface area contributed by atoms with Crippen molar-refractivity contribution in [2.45, 2.75) is 19.0 Å². The van der Waals surface area contributed by atoms with Crippen LogP contribution in [0.25, 0.3) is 5.70 Å². The Hall–Kier alpha value is -2.78. The molecular weight excluding hydrogens is 384 g/mol. The first-order valence-corrected chi connectivity index (χ1v) is 9.95. The number of hydrazine groups is 1. The number of terminal acetylenes is 1. The Labute approximate surface area is 176 Å². The second-order valence-electron chi connectivity index (χ2n) is 7.39. The summed E-state index contributed by atoms with van der Waals surface area (Å²) in [6, 6.07) is 13.6. The van der Waals surface area contributed by atoms with E-state index in [0.29, 0.717) is 26.1 Å². The zero-order valence-corrected chi connectivity index (χ0v) is 17.0. The van der Waals surface area contributed by atoms with Gasteiger partial charge >= 0.3 is 0 Å². The average Bonchev–Trinajstić information content (AvgIpc) is 3.24. The monoisotopic (exact) mass is 406 g/mol. The van der Waals surface area contributed by atoms with E-state index in [1.54, 1.807) is 0 Å². The fourth-order valence-corrected chi connectivity index (χ4v) is 4.35. The molecule has 2 aromatic rings. The van der Waals surface area contributed by atoms with Crippen molar-refractivity contribution >= 4 is 23.2 Å². The second-order valence-corrected chi connectivity index (χ2v) is 7.85. The van der Waals surface area contributed by atoms with Gasteiger partial charge in [0.15, 0.2) is 0 Å². The van der Waals surface area contributed by atoms with E-state index >= 15 is 0 Å². The van der Waals surface area contributed by atoms with Gasteiger partial charge in [0.1, 0.15) is 0 Å². The van der Waals surface area contributed by atoms with Crippen LogP contribution in [0.2, 0.25) is 0 Å². The number of amides is 1. The Balaban J connectivity index is 1.58. The van der Waals surface area contributed by atoms with Crippen molar-refractivity contribution in [2.24, 2.45) is 5.73 Å². The van der Waals surface area contributed by atoms with E-state index in [1.165, 1.54) is 0 Å². The number of nitrogens with one attached hydrogen (secondary N) is 1. The number of halogens is 1. The number of rotatable bonds is 5. The molecule has 2 aromatic carbocycles. The number of benzene rings is 2. The lowest BCUT2D eigenvalue weighted by molar-refractivity contribution is 0.0708. The maximum Gasteiger partial charge on any atom is 0.254 e. The van der Waals surface area contributed by atoms with Crippen LogP contribution in [-0.2, 0) is 13.0 Å². The molecule has 1 atom stereocenters. The van der Waals surface area contributed by atoms with Crippen molar-refractivity contribution in [1.29, 1.82) is 0 Å². The van der Waals surface area contributed by atoms with Gasteiger partial charge in [0, 0.05) is 42.9 Å². The van der Waals surface area contributed by atoms with Gasteiger partial charge in [0.2, 0.25) is 0 Å². The summed E-state index contributed by atoms with van der Waals surface area (Å²) >= 11 is 6.37. The summed E-state index contributed by atoms with van der Waals surface area (Å²) in [5, 5.41) is 2.68. The molecule has 0 aromatic heterocycles. The van der Waals surface area contributed by atoms with Crippen LogP contribution in [0, 0.1) is 12.3 Å². The topological polar surface area (TPSA) is 61.6 Å². The molecule has 2 aliphatic heterocycles. The Morgan fingerprint density at radius 2 is 2.14 bits per heavy atom. The Morgan fingerprint density at radius 3 is 2.83 bits per heavy atom. The van der Waals surface area contributed by atoms with E-state index in [1.807, 2.05) is 53.4 Å². The van der Waals surface area contributed by atoms with Crippen LogP contribution in [0.5, 0.6) is 0 Å². The van der Waals surface area contributed by atoms with E-state index in [0.717, 1.165) is 38.5 Å². The molecule has 0 bridgehead atoms. The van der Waals surface area contributed by atoms with Gasteiger partial charge in [0.25, 0.3) is 5.91 Å². The minimum atomic E-state index is -0.0926. The van der Waals surface area contributed by atoms with Crippen LogP contribution in [0.1, 0.15) is 32.6 Å². The van der Waals surface area contributed by atoms with Gasteiger partial charge in [-0.15, -0.1) is 6.42 Å². The lowest BCUT2D eigenvalue weighted by Crippen LogP contribution is -2.42. The molecule has 6 heteroatoms. The first kappa shape index (κ1) is 19.5. The quantitative estimate of drug-likeness (QED) is 0.749. The molecule has 2 heterocycles. The zero-order chi connectivity index (χ0) is 20.5. The summed E-state index contributed by atoms with van der Waals surface area (Å²) in [5.74, 6) is 2.68. The fourth-order valence-electron chi connectivity index (χ4n) is 4.05. The van der Waals surface area contributed by atoms with Crippen LogP contribution < -0.4 is 11.2 Å². The lowest BCUT2D eigenvalue weighted by Gasteiger charge is -2.27. The largest absolute Gasteiger partial charge is 0.330 e. The first-order chi connectivity index (χ1) is 14.0. The van der Waals surface area contributed by atoms with E-state index in [9.17, 15) is 4.79 Å². The average molecular weight is 407 g/mol. The molecule has 0 aliphatic carbocycles. The number of hydrogen-bond donors (Lipinski definition) is 2. The smallest absolute Gasteiger partial charge is 0.254 e. The maximum absolute atomic E-state index is 13.0. The molecular formula is C23H23ClN4O. The van der Waals surface area contributed by atoms with E-state index in [-0.39, 0.29) is 11.9 Å². The first-order valence-electron chi connectivity index (χ1n) is 9.57. The molecule has 5 nitrogen and oxygen atoms in total. The normalized spacial score (nSPS) is 17.0.